The fourth-order valence-electron chi connectivity index (χ4n) is 5.83. The second-order valence-electron chi connectivity index (χ2n) is 11.4. The predicted molar refractivity (Wildman–Crippen MR) is 179 cm³/mol. The van der Waals surface area contributed by atoms with Crippen molar-refractivity contribution >= 4 is 17.9 Å². The van der Waals surface area contributed by atoms with E-state index in [0.717, 1.165) is 60.9 Å². The van der Waals surface area contributed by atoms with Crippen molar-refractivity contribution in [3.63, 3.8) is 0 Å². The smallest absolute Gasteiger partial charge is 0.223 e. The Morgan fingerprint density at radius 2 is 1.73 bits per heavy atom. The lowest BCUT2D eigenvalue weighted by Gasteiger charge is -2.32. The molecule has 8 heteroatoms. The number of aldehydes is 1. The van der Waals surface area contributed by atoms with E-state index < -0.39 is 0 Å². The normalized spacial score (nSPS) is 16.1. The number of nitrogens with one attached hydrogen (secondary N) is 2. The van der Waals surface area contributed by atoms with Crippen LogP contribution >= 0.6 is 0 Å². The number of carbonyl (C=O) groups is 1. The zero-order valence-electron chi connectivity index (χ0n) is 26.1. The predicted octanol–water partition coefficient (Wildman–Crippen LogP) is 5.36. The first-order valence-electron chi connectivity index (χ1n) is 15.5. The summed E-state index contributed by atoms with van der Waals surface area (Å²) < 4.78 is 4.96. The minimum Gasteiger partial charge on any atom is -0.497 e. The molecule has 0 amide bonds. The maximum absolute atomic E-state index is 10.1. The van der Waals surface area contributed by atoms with Crippen molar-refractivity contribution in [1.82, 2.24) is 19.8 Å². The molecule has 8 nitrogen and oxygen atoms in total. The number of carbonyl (C=O) groups excluding carboxylic acids is 1. The zero-order valence-corrected chi connectivity index (χ0v) is 26.1. The van der Waals surface area contributed by atoms with E-state index in [0.29, 0.717) is 12.3 Å². The molecule has 1 fully saturated rings. The fourth-order valence-corrected chi connectivity index (χ4v) is 5.83. The van der Waals surface area contributed by atoms with Gasteiger partial charge in [-0.3, -0.25) is 0 Å². The van der Waals surface area contributed by atoms with Crippen LogP contribution in [0.3, 0.4) is 0 Å². The number of hydrogen-bond acceptors (Lipinski definition) is 8. The molecule has 0 saturated carbocycles. The number of methoxy groups -OCH3 is 1. The van der Waals surface area contributed by atoms with E-state index in [1.54, 1.807) is 7.11 Å². The van der Waals surface area contributed by atoms with Crippen LogP contribution in [0.15, 0.2) is 79.0 Å². The summed E-state index contributed by atoms with van der Waals surface area (Å²) >= 11 is 0. The average Bonchev–Trinajstić information content (AvgIpc) is 3.08. The molecule has 4 aromatic rings. The molecule has 0 bridgehead atoms. The Morgan fingerprint density at radius 3 is 2.43 bits per heavy atom. The van der Waals surface area contributed by atoms with E-state index in [2.05, 4.69) is 81.0 Å². The number of hydrogen-bond donors (Lipinski definition) is 2. The van der Waals surface area contributed by atoms with Gasteiger partial charge in [0.2, 0.25) is 5.95 Å². The lowest BCUT2D eigenvalue weighted by molar-refractivity contribution is -0.107. The van der Waals surface area contributed by atoms with Crippen molar-refractivity contribution in [2.45, 2.75) is 25.2 Å². The molecule has 2 heterocycles. The maximum atomic E-state index is 10.1. The van der Waals surface area contributed by atoms with Gasteiger partial charge in [0.1, 0.15) is 12.0 Å². The number of anilines is 2. The molecule has 1 saturated heterocycles. The quantitative estimate of drug-likeness (QED) is 0.188. The SMILES string of the molecule is CNc1ccc(C2Cc3cnc(NCCCN4CCN(C)CC4)nc3-c3ccccc32)cc1.COc1ccc(CC=O)cc1. The molecule has 1 aliphatic carbocycles. The number of aromatic nitrogens is 2. The molecule has 0 spiro atoms. The first-order chi connectivity index (χ1) is 21.6. The summed E-state index contributed by atoms with van der Waals surface area (Å²) in [6.45, 7) is 6.70. The summed E-state index contributed by atoms with van der Waals surface area (Å²) in [6.07, 6.45) is 5.42. The zero-order chi connectivity index (χ0) is 30.7. The van der Waals surface area contributed by atoms with E-state index >= 15 is 0 Å². The first kappa shape index (κ1) is 31.2. The lowest BCUT2D eigenvalue weighted by Crippen LogP contribution is -2.44. The van der Waals surface area contributed by atoms with Crippen molar-refractivity contribution in [3.8, 4) is 17.0 Å². The number of nitrogens with zero attached hydrogens (tertiary/aromatic N) is 4. The third-order valence-electron chi connectivity index (χ3n) is 8.49. The molecule has 6 rings (SSSR count). The Kier molecular flexibility index (Phi) is 10.9. The highest BCUT2D eigenvalue weighted by atomic mass is 16.5. The van der Waals surface area contributed by atoms with Gasteiger partial charge in [0, 0.05) is 69.6 Å². The summed E-state index contributed by atoms with van der Waals surface area (Å²) in [6, 6.07) is 24.9. The Bertz CT molecular complexity index is 1480. The number of ether oxygens (including phenoxy) is 1. The highest BCUT2D eigenvalue weighted by Gasteiger charge is 2.27. The molecule has 1 unspecified atom stereocenters. The Balaban J connectivity index is 0.000000296. The number of likely N-dealkylation sites (N-methyl/N-ethyl adjacent to an activating group) is 1. The van der Waals surface area contributed by atoms with Gasteiger partial charge in [0.05, 0.1) is 12.8 Å². The second kappa shape index (κ2) is 15.5. The van der Waals surface area contributed by atoms with Crippen LogP contribution in [0.2, 0.25) is 0 Å². The van der Waals surface area contributed by atoms with Crippen LogP contribution < -0.4 is 15.4 Å². The van der Waals surface area contributed by atoms with Crippen LogP contribution in [0.25, 0.3) is 11.3 Å². The van der Waals surface area contributed by atoms with Gasteiger partial charge in [-0.2, -0.15) is 0 Å². The van der Waals surface area contributed by atoms with Crippen LogP contribution in [0.1, 0.15) is 34.6 Å². The van der Waals surface area contributed by atoms with E-state index in [4.69, 9.17) is 9.72 Å². The molecular formula is C36H44N6O2. The minimum absolute atomic E-state index is 0.325. The van der Waals surface area contributed by atoms with E-state index in [1.807, 2.05) is 37.5 Å². The van der Waals surface area contributed by atoms with Gasteiger partial charge in [0.25, 0.3) is 0 Å². The average molecular weight is 593 g/mol. The highest BCUT2D eigenvalue weighted by Crippen LogP contribution is 2.42. The standard InChI is InChI=1S/C27H34N6.C9H10O2/c1-28-22-10-8-20(9-11-22)25-18-21-19-30-27(31-26(21)24-7-4-3-6-23(24)25)29-12-5-13-33-16-14-32(2)15-17-33;1-11-9-4-2-8(3-5-9)6-7-10/h3-4,6-11,19,25,28H,5,12-18H2,1-2H3,(H,29,30,31);2-5,7H,6H2,1H3. The van der Waals surface area contributed by atoms with Crippen molar-refractivity contribution in [3.05, 3.63) is 101 Å². The lowest BCUT2D eigenvalue weighted by atomic mass is 9.78. The molecule has 2 N–H and O–H groups in total. The Morgan fingerprint density at radius 1 is 0.977 bits per heavy atom. The van der Waals surface area contributed by atoms with E-state index in [9.17, 15) is 4.79 Å². The summed E-state index contributed by atoms with van der Waals surface area (Å²) in [5.74, 6) is 1.88. The van der Waals surface area contributed by atoms with Crippen molar-refractivity contribution in [2.24, 2.45) is 0 Å². The van der Waals surface area contributed by atoms with Crippen LogP contribution in [-0.4, -0.2) is 86.5 Å². The third kappa shape index (κ3) is 8.01. The molecule has 0 radical (unpaired) electrons. The van der Waals surface area contributed by atoms with Crippen molar-refractivity contribution in [1.29, 1.82) is 0 Å². The summed E-state index contributed by atoms with van der Waals surface area (Å²) in [5.41, 5.74) is 8.35. The number of fused-ring (bicyclic) bond motifs is 3. The molecule has 3 aromatic carbocycles. The van der Waals surface area contributed by atoms with Crippen LogP contribution in [-0.2, 0) is 17.6 Å². The highest BCUT2D eigenvalue weighted by molar-refractivity contribution is 5.72. The fraction of sp³-hybridized carbons (Fsp3) is 0.361. The van der Waals surface area contributed by atoms with Gasteiger partial charge >= 0.3 is 0 Å². The second-order valence-corrected chi connectivity index (χ2v) is 11.4. The van der Waals surface area contributed by atoms with Gasteiger partial charge in [-0.15, -0.1) is 0 Å². The van der Waals surface area contributed by atoms with Gasteiger partial charge in [-0.1, -0.05) is 48.5 Å². The van der Waals surface area contributed by atoms with Gasteiger partial charge in [0.15, 0.2) is 0 Å². The molecule has 1 aromatic heterocycles. The molecule has 44 heavy (non-hydrogen) atoms. The summed E-state index contributed by atoms with van der Waals surface area (Å²) in [5, 5.41) is 6.67. The van der Waals surface area contributed by atoms with Gasteiger partial charge < -0.3 is 30.0 Å². The van der Waals surface area contributed by atoms with Crippen LogP contribution in [0.5, 0.6) is 5.75 Å². The summed E-state index contributed by atoms with van der Waals surface area (Å²) in [7, 11) is 5.78. The van der Waals surface area contributed by atoms with Gasteiger partial charge in [-0.25, -0.2) is 9.97 Å². The van der Waals surface area contributed by atoms with E-state index in [-0.39, 0.29) is 0 Å². The monoisotopic (exact) mass is 592 g/mol. The van der Waals surface area contributed by atoms with E-state index in [1.165, 1.54) is 48.4 Å². The largest absolute Gasteiger partial charge is 0.497 e. The molecule has 230 valence electrons. The van der Waals surface area contributed by atoms with Crippen LogP contribution in [0.4, 0.5) is 11.6 Å². The molecule has 1 atom stereocenters. The Labute approximate surface area is 261 Å². The topological polar surface area (TPSA) is 82.6 Å². The molecular weight excluding hydrogens is 548 g/mol. The summed E-state index contributed by atoms with van der Waals surface area (Å²) in [4.78, 5) is 24.7. The van der Waals surface area contributed by atoms with Crippen LogP contribution in [0, 0.1) is 0 Å². The van der Waals surface area contributed by atoms with Crippen molar-refractivity contribution < 1.29 is 9.53 Å². The third-order valence-corrected chi connectivity index (χ3v) is 8.49. The van der Waals surface area contributed by atoms with Crippen molar-refractivity contribution in [2.75, 3.05) is 71.1 Å². The first-order valence-corrected chi connectivity index (χ1v) is 15.5. The minimum atomic E-state index is 0.325. The Hall–Kier alpha value is -4.27. The molecule has 2 aliphatic rings. The number of benzene rings is 3. The molecule has 1 aliphatic heterocycles. The van der Waals surface area contributed by atoms with Gasteiger partial charge in [-0.05, 0) is 73.0 Å². The number of piperazine rings is 1. The maximum Gasteiger partial charge on any atom is 0.223 e. The number of rotatable bonds is 10.